The fourth-order valence-electron chi connectivity index (χ4n) is 3.63. The first-order valence-electron chi connectivity index (χ1n) is 9.48. The molecule has 0 saturated carbocycles. The number of hydrogen-bond acceptors (Lipinski definition) is 5. The Morgan fingerprint density at radius 2 is 1.87 bits per heavy atom. The molecule has 1 fully saturated rings. The molecule has 2 heterocycles. The van der Waals surface area contributed by atoms with E-state index < -0.39 is 27.8 Å². The minimum Gasteiger partial charge on any atom is -0.337 e. The molecule has 0 radical (unpaired) electrons. The molecular weight excluding hydrogens is 409 g/mol. The summed E-state index contributed by atoms with van der Waals surface area (Å²) < 4.78 is 45.6. The van der Waals surface area contributed by atoms with E-state index in [0.717, 1.165) is 22.0 Å². The van der Waals surface area contributed by atoms with E-state index in [2.05, 4.69) is 10.5 Å². The van der Waals surface area contributed by atoms with Crippen LogP contribution in [0.4, 0.5) is 10.3 Å². The minimum absolute atomic E-state index is 0.0518. The quantitative estimate of drug-likeness (QED) is 0.669. The van der Waals surface area contributed by atoms with Gasteiger partial charge in [-0.3, -0.25) is 10.1 Å². The highest BCUT2D eigenvalue weighted by molar-refractivity contribution is 7.89. The zero-order valence-corrected chi connectivity index (χ0v) is 17.0. The summed E-state index contributed by atoms with van der Waals surface area (Å²) in [5, 5.41) is 6.64. The number of carbonyl (C=O) groups is 1. The number of aryl methyl sites for hydroxylation is 1. The lowest BCUT2D eigenvalue weighted by molar-refractivity contribution is -0.119. The Bertz CT molecular complexity index is 1160. The maximum Gasteiger partial charge on any atom is 0.245 e. The Kier molecular flexibility index (Phi) is 5.40. The summed E-state index contributed by atoms with van der Waals surface area (Å²) in [5.74, 6) is -0.847. The van der Waals surface area contributed by atoms with Gasteiger partial charge in [0, 0.05) is 6.54 Å². The van der Waals surface area contributed by atoms with Crippen LogP contribution in [-0.4, -0.2) is 36.4 Å². The molecule has 1 aliphatic rings. The number of benzene rings is 2. The Labute approximate surface area is 173 Å². The van der Waals surface area contributed by atoms with Gasteiger partial charge in [0.05, 0.1) is 16.2 Å². The molecule has 156 valence electrons. The summed E-state index contributed by atoms with van der Waals surface area (Å²) in [6, 6.07) is 13.0. The van der Waals surface area contributed by atoms with E-state index in [4.69, 9.17) is 4.52 Å². The average Bonchev–Trinajstić information content (AvgIpc) is 3.37. The van der Waals surface area contributed by atoms with Crippen LogP contribution in [0.2, 0.25) is 0 Å². The normalized spacial score (nSPS) is 17.2. The predicted molar refractivity (Wildman–Crippen MR) is 109 cm³/mol. The highest BCUT2D eigenvalue weighted by atomic mass is 32.2. The number of sulfonamides is 1. The molecule has 4 rings (SSSR count). The van der Waals surface area contributed by atoms with Crippen molar-refractivity contribution < 1.29 is 22.1 Å². The molecule has 2 aromatic carbocycles. The summed E-state index contributed by atoms with van der Waals surface area (Å²) in [7, 11) is -3.94. The average molecular weight is 429 g/mol. The van der Waals surface area contributed by atoms with Gasteiger partial charge in [-0.1, -0.05) is 35.5 Å². The van der Waals surface area contributed by atoms with Crippen LogP contribution in [0.1, 0.15) is 18.5 Å². The van der Waals surface area contributed by atoms with Crippen LogP contribution in [0.15, 0.2) is 64.0 Å². The second-order valence-corrected chi connectivity index (χ2v) is 8.95. The highest BCUT2D eigenvalue weighted by Gasteiger charge is 2.40. The number of amides is 1. The van der Waals surface area contributed by atoms with Gasteiger partial charge in [0.25, 0.3) is 0 Å². The lowest BCUT2D eigenvalue weighted by Crippen LogP contribution is -2.43. The van der Waals surface area contributed by atoms with Crippen LogP contribution < -0.4 is 5.32 Å². The van der Waals surface area contributed by atoms with Crippen molar-refractivity contribution in [2.75, 3.05) is 11.9 Å². The Balaban J connectivity index is 1.59. The van der Waals surface area contributed by atoms with Crippen molar-refractivity contribution in [1.82, 2.24) is 9.46 Å². The maximum absolute atomic E-state index is 13.2. The first-order chi connectivity index (χ1) is 14.4. The van der Waals surface area contributed by atoms with E-state index in [-0.39, 0.29) is 17.3 Å². The van der Waals surface area contributed by atoms with E-state index in [9.17, 15) is 17.6 Å². The lowest BCUT2D eigenvalue weighted by Gasteiger charge is -2.23. The van der Waals surface area contributed by atoms with E-state index in [1.165, 1.54) is 12.1 Å². The van der Waals surface area contributed by atoms with Gasteiger partial charge in [0.1, 0.15) is 11.9 Å². The van der Waals surface area contributed by atoms with Gasteiger partial charge in [0.15, 0.2) is 0 Å². The van der Waals surface area contributed by atoms with Crippen molar-refractivity contribution in [3.05, 3.63) is 66.1 Å². The molecule has 1 atom stereocenters. The Morgan fingerprint density at radius 3 is 2.57 bits per heavy atom. The van der Waals surface area contributed by atoms with Crippen molar-refractivity contribution in [1.29, 1.82) is 0 Å². The van der Waals surface area contributed by atoms with E-state index in [1.54, 1.807) is 6.92 Å². The zero-order valence-electron chi connectivity index (χ0n) is 16.2. The topological polar surface area (TPSA) is 92.5 Å². The third-order valence-electron chi connectivity index (χ3n) is 5.09. The molecule has 1 saturated heterocycles. The fraction of sp³-hybridized carbons (Fsp3) is 0.238. The van der Waals surface area contributed by atoms with Gasteiger partial charge in [-0.05, 0) is 49.6 Å². The smallest absolute Gasteiger partial charge is 0.245 e. The molecule has 7 nitrogen and oxygen atoms in total. The predicted octanol–water partition coefficient (Wildman–Crippen LogP) is 3.58. The van der Waals surface area contributed by atoms with E-state index in [1.807, 2.05) is 30.3 Å². The minimum atomic E-state index is -3.94. The van der Waals surface area contributed by atoms with Crippen molar-refractivity contribution >= 4 is 21.8 Å². The second-order valence-electron chi connectivity index (χ2n) is 7.06. The SMILES string of the molecule is Cc1noc(NC(=O)C2CCCN2S(=O)(=O)c2ccc(F)cc2)c1-c1ccccc1. The summed E-state index contributed by atoms with van der Waals surface area (Å²) in [6.45, 7) is 1.97. The number of anilines is 1. The molecule has 0 spiro atoms. The molecule has 9 heteroatoms. The molecule has 1 aliphatic heterocycles. The number of rotatable bonds is 5. The van der Waals surface area contributed by atoms with Crippen LogP contribution in [0.5, 0.6) is 0 Å². The largest absolute Gasteiger partial charge is 0.337 e. The van der Waals surface area contributed by atoms with Gasteiger partial charge in [-0.15, -0.1) is 0 Å². The van der Waals surface area contributed by atoms with Crippen LogP contribution in [0.25, 0.3) is 11.1 Å². The van der Waals surface area contributed by atoms with E-state index in [0.29, 0.717) is 24.1 Å². The van der Waals surface area contributed by atoms with Crippen LogP contribution in [-0.2, 0) is 14.8 Å². The van der Waals surface area contributed by atoms with Crippen molar-refractivity contribution in [2.24, 2.45) is 0 Å². The highest BCUT2D eigenvalue weighted by Crippen LogP contribution is 2.33. The van der Waals surface area contributed by atoms with Gasteiger partial charge < -0.3 is 4.52 Å². The number of carbonyl (C=O) groups excluding carboxylic acids is 1. The molecule has 1 amide bonds. The maximum atomic E-state index is 13.2. The standard InChI is InChI=1S/C21H20FN3O4S/c1-14-19(15-6-3-2-4-7-15)21(29-24-14)23-20(26)18-8-5-13-25(18)30(27,28)17-11-9-16(22)10-12-17/h2-4,6-7,9-12,18H,5,8,13H2,1H3,(H,23,26). The first-order valence-corrected chi connectivity index (χ1v) is 10.9. The molecule has 1 unspecified atom stereocenters. The van der Waals surface area contributed by atoms with Gasteiger partial charge >= 0.3 is 0 Å². The molecule has 3 aromatic rings. The Morgan fingerprint density at radius 1 is 1.17 bits per heavy atom. The number of hydrogen-bond donors (Lipinski definition) is 1. The summed E-state index contributed by atoms with van der Waals surface area (Å²) >= 11 is 0. The molecule has 1 aromatic heterocycles. The summed E-state index contributed by atoms with van der Waals surface area (Å²) in [4.78, 5) is 12.9. The number of halogens is 1. The summed E-state index contributed by atoms with van der Waals surface area (Å²) in [5.41, 5.74) is 2.09. The van der Waals surface area contributed by atoms with Gasteiger partial charge in [-0.2, -0.15) is 4.31 Å². The van der Waals surface area contributed by atoms with Crippen LogP contribution >= 0.6 is 0 Å². The van der Waals surface area contributed by atoms with Crippen molar-refractivity contribution in [3.63, 3.8) is 0 Å². The molecule has 1 N–H and O–H groups in total. The third kappa shape index (κ3) is 3.73. The summed E-state index contributed by atoms with van der Waals surface area (Å²) in [6.07, 6.45) is 0.916. The molecule has 0 aliphatic carbocycles. The van der Waals surface area contributed by atoms with Crippen LogP contribution in [0, 0.1) is 12.7 Å². The van der Waals surface area contributed by atoms with Gasteiger partial charge in [-0.25, -0.2) is 12.8 Å². The third-order valence-corrected chi connectivity index (χ3v) is 7.01. The Hall–Kier alpha value is -3.04. The van der Waals surface area contributed by atoms with Crippen LogP contribution in [0.3, 0.4) is 0 Å². The molecule has 0 bridgehead atoms. The number of nitrogens with one attached hydrogen (secondary N) is 1. The first kappa shape index (κ1) is 20.2. The van der Waals surface area contributed by atoms with Crippen molar-refractivity contribution in [2.45, 2.75) is 30.7 Å². The lowest BCUT2D eigenvalue weighted by atomic mass is 10.1. The molecular formula is C21H20FN3O4S. The van der Waals surface area contributed by atoms with Crippen molar-refractivity contribution in [3.8, 4) is 11.1 Å². The second kappa shape index (κ2) is 8.00. The fourth-order valence-corrected chi connectivity index (χ4v) is 5.28. The van der Waals surface area contributed by atoms with Gasteiger partial charge in [0.2, 0.25) is 21.8 Å². The number of aromatic nitrogens is 1. The zero-order chi connectivity index (χ0) is 21.3. The number of nitrogens with zero attached hydrogens (tertiary/aromatic N) is 2. The molecule has 30 heavy (non-hydrogen) atoms. The van der Waals surface area contributed by atoms with E-state index >= 15 is 0 Å². The monoisotopic (exact) mass is 429 g/mol.